The number of esters is 2. The van der Waals surface area contributed by atoms with Crippen molar-refractivity contribution >= 4 is 23.3 Å². The molecule has 1 aromatic rings. The largest absolute Gasteiger partial charge is 0.468 e. The molecule has 1 aliphatic heterocycles. The van der Waals surface area contributed by atoms with Crippen molar-refractivity contribution in [2.45, 2.75) is 68.4 Å². The number of methoxy groups -OCH3 is 1. The summed E-state index contributed by atoms with van der Waals surface area (Å²) in [7, 11) is 0.947. The zero-order chi connectivity index (χ0) is 35.8. The van der Waals surface area contributed by atoms with Gasteiger partial charge in [-0.2, -0.15) is 57.1 Å². The maximum Gasteiger partial charge on any atom is 0.460 e. The number of carbonyl (C=O) groups excluding carboxylic acids is 2. The van der Waals surface area contributed by atoms with Crippen LogP contribution in [0.4, 0.5) is 62.8 Å². The number of aliphatic imine (C=N–C) groups is 1. The summed E-state index contributed by atoms with van der Waals surface area (Å²) in [6.07, 6.45) is -11.7. The highest BCUT2D eigenvalue weighted by Gasteiger charge is 2.90. The van der Waals surface area contributed by atoms with Gasteiger partial charge in [0.25, 0.3) is 5.69 Å². The minimum Gasteiger partial charge on any atom is -0.468 e. The molecule has 21 heteroatoms. The van der Waals surface area contributed by atoms with Gasteiger partial charge in [-0.05, 0) is 25.8 Å². The second kappa shape index (κ2) is 12.7. The number of non-ortho nitro benzene ring substituents is 1. The lowest BCUT2D eigenvalue weighted by Gasteiger charge is -2.39. The van der Waals surface area contributed by atoms with Crippen LogP contribution >= 0.6 is 0 Å². The lowest BCUT2D eigenvalue weighted by atomic mass is 9.75. The Balaban J connectivity index is 2.34. The molecule has 46 heavy (non-hydrogen) atoms. The van der Waals surface area contributed by atoms with E-state index in [1.165, 1.54) is 26.0 Å². The summed E-state index contributed by atoms with van der Waals surface area (Å²) in [4.78, 5) is 40.1. The molecule has 8 nitrogen and oxygen atoms in total. The molecular formula is C25H21F13N2O6. The smallest absolute Gasteiger partial charge is 0.460 e. The van der Waals surface area contributed by atoms with E-state index < -0.39 is 95.2 Å². The molecule has 258 valence electrons. The van der Waals surface area contributed by atoms with Gasteiger partial charge in [0.05, 0.1) is 24.2 Å². The van der Waals surface area contributed by atoms with Crippen molar-refractivity contribution in [3.05, 3.63) is 51.2 Å². The van der Waals surface area contributed by atoms with Gasteiger partial charge in [0, 0.05) is 35.9 Å². The number of rotatable bonds is 12. The minimum absolute atomic E-state index is 0.0353. The molecule has 0 fully saturated rings. The number of nitrogens with zero attached hydrogens (tertiary/aromatic N) is 2. The molecule has 0 bridgehead atoms. The van der Waals surface area contributed by atoms with Crippen molar-refractivity contribution in [3.63, 3.8) is 0 Å². The third-order valence-electron chi connectivity index (χ3n) is 6.81. The predicted octanol–water partition coefficient (Wildman–Crippen LogP) is 7.28. The summed E-state index contributed by atoms with van der Waals surface area (Å²) < 4.78 is 183. The predicted molar refractivity (Wildman–Crippen MR) is 128 cm³/mol. The molecule has 2 rings (SSSR count). The van der Waals surface area contributed by atoms with Crippen LogP contribution < -0.4 is 0 Å². The molecule has 0 N–H and O–H groups in total. The van der Waals surface area contributed by atoms with E-state index in [-0.39, 0.29) is 17.0 Å². The normalized spacial score (nSPS) is 18.7. The first-order valence-corrected chi connectivity index (χ1v) is 12.4. The molecule has 0 saturated heterocycles. The second-order valence-corrected chi connectivity index (χ2v) is 9.82. The average Bonchev–Trinajstić information content (AvgIpc) is 2.93. The van der Waals surface area contributed by atoms with Crippen LogP contribution in [0.15, 0.2) is 40.5 Å². The fourth-order valence-electron chi connectivity index (χ4n) is 4.42. The van der Waals surface area contributed by atoms with Gasteiger partial charge in [-0.3, -0.25) is 19.9 Å². The van der Waals surface area contributed by atoms with Gasteiger partial charge in [-0.25, -0.2) is 4.79 Å². The first-order chi connectivity index (χ1) is 20.7. The number of halogens is 13. The Morgan fingerprint density at radius 1 is 0.891 bits per heavy atom. The van der Waals surface area contributed by atoms with Crippen molar-refractivity contribution in [1.82, 2.24) is 0 Å². The van der Waals surface area contributed by atoms with Crippen LogP contribution in [-0.4, -0.2) is 72.1 Å². The van der Waals surface area contributed by atoms with Crippen LogP contribution in [0, 0.1) is 16.0 Å². The molecule has 2 unspecified atom stereocenters. The topological polar surface area (TPSA) is 108 Å². The summed E-state index contributed by atoms with van der Waals surface area (Å²) in [6.45, 7) is 1.13. The highest BCUT2D eigenvalue weighted by atomic mass is 19.4. The Morgan fingerprint density at radius 3 is 1.93 bits per heavy atom. The van der Waals surface area contributed by atoms with Crippen LogP contribution in [0.2, 0.25) is 0 Å². The number of carbonyl (C=O) groups is 2. The third kappa shape index (κ3) is 6.49. The molecule has 0 aliphatic carbocycles. The maximum absolute atomic E-state index is 14.1. The summed E-state index contributed by atoms with van der Waals surface area (Å²) in [6, 6.07) is 4.43. The summed E-state index contributed by atoms with van der Waals surface area (Å²) in [5.41, 5.74) is -1.25. The molecule has 1 heterocycles. The van der Waals surface area contributed by atoms with Gasteiger partial charge in [0.15, 0.2) is 0 Å². The van der Waals surface area contributed by atoms with Crippen LogP contribution in [0.25, 0.3) is 0 Å². The Morgan fingerprint density at radius 2 is 1.43 bits per heavy atom. The van der Waals surface area contributed by atoms with Crippen molar-refractivity contribution in [2.75, 3.05) is 13.7 Å². The number of nitro benzene ring substituents is 1. The van der Waals surface area contributed by atoms with Crippen molar-refractivity contribution in [1.29, 1.82) is 0 Å². The number of ether oxygens (including phenoxy) is 2. The highest BCUT2D eigenvalue weighted by Crippen LogP contribution is 2.60. The van der Waals surface area contributed by atoms with Crippen molar-refractivity contribution in [2.24, 2.45) is 10.9 Å². The molecule has 1 aliphatic rings. The molecule has 2 atom stereocenters. The number of nitro groups is 1. The Hall–Kier alpha value is -3.94. The van der Waals surface area contributed by atoms with E-state index in [1.54, 1.807) is 0 Å². The molecule has 0 spiro atoms. The number of hydrogen-bond donors (Lipinski definition) is 0. The van der Waals surface area contributed by atoms with E-state index in [0.717, 1.165) is 19.2 Å². The third-order valence-corrected chi connectivity index (χ3v) is 6.81. The Labute approximate surface area is 249 Å². The number of hydrogen-bond acceptors (Lipinski definition) is 7. The first-order valence-electron chi connectivity index (χ1n) is 12.4. The number of benzene rings is 1. The van der Waals surface area contributed by atoms with Crippen molar-refractivity contribution < 1.29 is 81.1 Å². The summed E-state index contributed by atoms with van der Waals surface area (Å²) in [5.74, 6) is -43.1. The van der Waals surface area contributed by atoms with E-state index in [4.69, 9.17) is 9.47 Å². The monoisotopic (exact) mass is 692 g/mol. The van der Waals surface area contributed by atoms with Gasteiger partial charge in [0.1, 0.15) is 5.92 Å². The van der Waals surface area contributed by atoms with Crippen LogP contribution in [0.5, 0.6) is 0 Å². The molecule has 1 aromatic carbocycles. The summed E-state index contributed by atoms with van der Waals surface area (Å²) >= 11 is 0. The highest BCUT2D eigenvalue weighted by molar-refractivity contribution is 6.07. The van der Waals surface area contributed by atoms with E-state index in [9.17, 15) is 76.8 Å². The van der Waals surface area contributed by atoms with Gasteiger partial charge in [0.2, 0.25) is 0 Å². The van der Waals surface area contributed by atoms with Crippen LogP contribution in [-0.2, 0) is 19.1 Å². The Kier molecular flexibility index (Phi) is 10.6. The zero-order valence-corrected chi connectivity index (χ0v) is 23.3. The molecule has 0 aromatic heterocycles. The first kappa shape index (κ1) is 38.2. The van der Waals surface area contributed by atoms with E-state index >= 15 is 0 Å². The van der Waals surface area contributed by atoms with Gasteiger partial charge >= 0.3 is 47.7 Å². The standard InChI is InChI=1S/C25H21F13N2O6/c1-11-15(18(41)45-3)17(13-6-4-7-14(10-13)40(43)44)16(12(2)39-11)19(42)46-9-5-8-20(26,27)21(28,29)22(30,31)23(32,33)24(34,35)25(36,37)38/h4,6-7,10,15,17H,5,8-9H2,1-3H3. The average molecular weight is 692 g/mol. The minimum atomic E-state index is -8.04. The Bertz CT molecular complexity index is 1420. The molecule has 0 radical (unpaired) electrons. The lowest BCUT2D eigenvalue weighted by molar-refractivity contribution is -0.440. The van der Waals surface area contributed by atoms with E-state index in [1.807, 2.05) is 0 Å². The van der Waals surface area contributed by atoms with Gasteiger partial charge in [-0.1, -0.05) is 12.1 Å². The number of alkyl halides is 13. The molecule has 0 amide bonds. The fourth-order valence-corrected chi connectivity index (χ4v) is 4.42. The van der Waals surface area contributed by atoms with E-state index in [0.29, 0.717) is 0 Å². The summed E-state index contributed by atoms with van der Waals surface area (Å²) in [5, 5.41) is 11.3. The zero-order valence-electron chi connectivity index (χ0n) is 23.3. The van der Waals surface area contributed by atoms with Crippen molar-refractivity contribution in [3.8, 4) is 0 Å². The van der Waals surface area contributed by atoms with Gasteiger partial charge in [-0.15, -0.1) is 0 Å². The molecular weight excluding hydrogens is 671 g/mol. The quantitative estimate of drug-likeness (QED) is 0.0750. The number of allylic oxidation sites excluding steroid dienone is 1. The van der Waals surface area contributed by atoms with Crippen LogP contribution in [0.3, 0.4) is 0 Å². The van der Waals surface area contributed by atoms with Gasteiger partial charge < -0.3 is 9.47 Å². The fraction of sp³-hybridized carbons (Fsp3) is 0.560. The lowest BCUT2D eigenvalue weighted by Crippen LogP contribution is -2.70. The van der Waals surface area contributed by atoms with Crippen LogP contribution in [0.1, 0.15) is 38.2 Å². The van der Waals surface area contributed by atoms with E-state index in [2.05, 4.69) is 4.99 Å². The SMILES string of the molecule is COC(=O)C1C(C)=NC(C)=C(C(=O)OCCCC(F)(F)C(F)(F)C(F)(F)C(F)(F)C(F)(F)C(F)(F)F)C1c1cccc([N+](=O)[O-])c1. The maximum atomic E-state index is 14.1. The molecule has 0 saturated carbocycles. The second-order valence-electron chi connectivity index (χ2n) is 9.82.